The van der Waals surface area contributed by atoms with Crippen LogP contribution in [0.3, 0.4) is 0 Å². The summed E-state index contributed by atoms with van der Waals surface area (Å²) in [6.45, 7) is 2.90. The Morgan fingerprint density at radius 1 is 1.09 bits per heavy atom. The molecule has 186 valence electrons. The molecular formula is C24H26ClFN4O5. The SMILES string of the molecule is CC(=O)NCCN1CCCCN2C(=O)C(=O)C3C(=O)N(Cc4ccc(F)c(Cl)c4)CCC3=C2C1=O. The summed E-state index contributed by atoms with van der Waals surface area (Å²) in [6.07, 6.45) is 1.49. The fourth-order valence-electron chi connectivity index (χ4n) is 4.78. The molecule has 9 nitrogen and oxygen atoms in total. The van der Waals surface area contributed by atoms with Gasteiger partial charge in [0, 0.05) is 46.2 Å². The molecule has 3 heterocycles. The molecular weight excluding hydrogens is 479 g/mol. The van der Waals surface area contributed by atoms with Crippen LogP contribution >= 0.6 is 11.6 Å². The van der Waals surface area contributed by atoms with Gasteiger partial charge in [0.2, 0.25) is 17.6 Å². The summed E-state index contributed by atoms with van der Waals surface area (Å²) in [7, 11) is 0. The molecule has 3 aliphatic rings. The molecule has 0 aliphatic carbocycles. The van der Waals surface area contributed by atoms with E-state index >= 15 is 0 Å². The second kappa shape index (κ2) is 10.2. The first-order valence-electron chi connectivity index (χ1n) is 11.5. The number of ketones is 1. The fourth-order valence-corrected chi connectivity index (χ4v) is 4.99. The van der Waals surface area contributed by atoms with Gasteiger partial charge in [-0.1, -0.05) is 17.7 Å². The summed E-state index contributed by atoms with van der Waals surface area (Å²) >= 11 is 5.85. The topological polar surface area (TPSA) is 107 Å². The van der Waals surface area contributed by atoms with Gasteiger partial charge < -0.3 is 20.0 Å². The molecule has 0 saturated carbocycles. The number of Topliss-reactive ketones (excluding diaryl/α,β-unsaturated/α-hetero) is 1. The normalized spacial score (nSPS) is 21.0. The number of rotatable bonds is 5. The Morgan fingerprint density at radius 2 is 1.83 bits per heavy atom. The summed E-state index contributed by atoms with van der Waals surface area (Å²) in [5, 5.41) is 2.58. The van der Waals surface area contributed by atoms with E-state index < -0.39 is 35.2 Å². The number of hydrogen-bond acceptors (Lipinski definition) is 5. The fraction of sp³-hybridized carbons (Fsp3) is 0.458. The lowest BCUT2D eigenvalue weighted by Gasteiger charge is -2.42. The van der Waals surface area contributed by atoms with E-state index in [1.165, 1.54) is 34.9 Å². The molecule has 4 rings (SSSR count). The zero-order valence-electron chi connectivity index (χ0n) is 19.3. The van der Waals surface area contributed by atoms with Gasteiger partial charge in [0.15, 0.2) is 0 Å². The largest absolute Gasteiger partial charge is 0.355 e. The van der Waals surface area contributed by atoms with Crippen LogP contribution in [0.2, 0.25) is 5.02 Å². The summed E-state index contributed by atoms with van der Waals surface area (Å²) in [4.78, 5) is 68.4. The maximum absolute atomic E-state index is 13.5. The summed E-state index contributed by atoms with van der Waals surface area (Å²) in [5.41, 5.74) is 1.06. The van der Waals surface area contributed by atoms with Crippen LogP contribution in [-0.2, 0) is 30.5 Å². The maximum Gasteiger partial charge on any atom is 0.295 e. The molecule has 0 spiro atoms. The van der Waals surface area contributed by atoms with Crippen LogP contribution in [0.4, 0.5) is 4.39 Å². The van der Waals surface area contributed by atoms with Gasteiger partial charge in [0.25, 0.3) is 11.8 Å². The Hall–Kier alpha value is -3.27. The van der Waals surface area contributed by atoms with Crippen LogP contribution in [0.15, 0.2) is 29.5 Å². The molecule has 1 N–H and O–H groups in total. The van der Waals surface area contributed by atoms with Gasteiger partial charge in [-0.25, -0.2) is 4.39 Å². The average molecular weight is 505 g/mol. The quantitative estimate of drug-likeness (QED) is 0.480. The van der Waals surface area contributed by atoms with Crippen molar-refractivity contribution in [1.82, 2.24) is 20.0 Å². The Morgan fingerprint density at radius 3 is 2.54 bits per heavy atom. The first kappa shape index (κ1) is 24.8. The summed E-state index contributed by atoms with van der Waals surface area (Å²) in [5.74, 6) is -4.81. The number of halogens is 2. The third kappa shape index (κ3) is 4.93. The number of hydrogen-bond donors (Lipinski definition) is 1. The number of nitrogens with one attached hydrogen (secondary N) is 1. The molecule has 35 heavy (non-hydrogen) atoms. The van der Waals surface area contributed by atoms with Crippen molar-refractivity contribution >= 4 is 41.0 Å². The Balaban J connectivity index is 1.64. The second-order valence-electron chi connectivity index (χ2n) is 8.87. The molecule has 1 aromatic carbocycles. The van der Waals surface area contributed by atoms with E-state index in [9.17, 15) is 28.4 Å². The van der Waals surface area contributed by atoms with Gasteiger partial charge in [-0.3, -0.25) is 24.0 Å². The molecule has 0 bridgehead atoms. The van der Waals surface area contributed by atoms with Gasteiger partial charge in [0.1, 0.15) is 17.4 Å². The van der Waals surface area contributed by atoms with Crippen molar-refractivity contribution in [1.29, 1.82) is 0 Å². The van der Waals surface area contributed by atoms with Gasteiger partial charge in [-0.15, -0.1) is 0 Å². The molecule has 0 radical (unpaired) electrons. The van der Waals surface area contributed by atoms with Gasteiger partial charge in [-0.2, -0.15) is 0 Å². The van der Waals surface area contributed by atoms with E-state index in [0.717, 1.165) is 0 Å². The van der Waals surface area contributed by atoms with Crippen LogP contribution in [-0.4, -0.2) is 76.8 Å². The van der Waals surface area contributed by atoms with Crippen LogP contribution in [0.25, 0.3) is 0 Å². The predicted molar refractivity (Wildman–Crippen MR) is 123 cm³/mol. The van der Waals surface area contributed by atoms with Crippen LogP contribution in [0.1, 0.15) is 31.7 Å². The Labute approximate surface area is 206 Å². The van der Waals surface area contributed by atoms with Gasteiger partial charge in [-0.05, 0) is 42.5 Å². The van der Waals surface area contributed by atoms with Crippen molar-refractivity contribution in [3.63, 3.8) is 0 Å². The highest BCUT2D eigenvalue weighted by Gasteiger charge is 2.50. The number of fused-ring (bicyclic) bond motifs is 2. The zero-order valence-corrected chi connectivity index (χ0v) is 20.1. The van der Waals surface area contributed by atoms with Gasteiger partial charge in [0.05, 0.1) is 5.02 Å². The number of amides is 4. The van der Waals surface area contributed by atoms with Crippen molar-refractivity contribution in [2.24, 2.45) is 5.92 Å². The second-order valence-corrected chi connectivity index (χ2v) is 9.28. The molecule has 2 fully saturated rings. The number of nitrogens with zero attached hydrogens (tertiary/aromatic N) is 3. The van der Waals surface area contributed by atoms with Crippen molar-refractivity contribution in [2.75, 3.05) is 32.7 Å². The van der Waals surface area contributed by atoms with E-state index in [-0.39, 0.29) is 55.8 Å². The van der Waals surface area contributed by atoms with E-state index in [4.69, 9.17) is 11.6 Å². The third-order valence-electron chi connectivity index (χ3n) is 6.51. The van der Waals surface area contributed by atoms with Crippen molar-refractivity contribution in [3.05, 3.63) is 45.9 Å². The molecule has 1 atom stereocenters. The van der Waals surface area contributed by atoms with E-state index in [0.29, 0.717) is 30.5 Å². The first-order valence-corrected chi connectivity index (χ1v) is 11.9. The zero-order chi connectivity index (χ0) is 25.3. The minimum atomic E-state index is -1.35. The number of piperidine rings is 1. The lowest BCUT2D eigenvalue weighted by molar-refractivity contribution is -0.154. The standard InChI is InChI=1S/C24H26ClFN4O5/c1-14(31)27-7-11-28-8-2-3-9-30-20(23(28)34)16-6-10-29(22(33)19(16)21(32)24(30)35)13-15-4-5-18(26)17(25)12-15/h4-5,12,19H,2-3,6-11,13H2,1H3,(H,27,31). The molecule has 2 saturated heterocycles. The van der Waals surface area contributed by atoms with Gasteiger partial charge >= 0.3 is 0 Å². The maximum atomic E-state index is 13.5. The molecule has 1 aromatic rings. The summed E-state index contributed by atoms with van der Waals surface area (Å²) < 4.78 is 13.5. The monoisotopic (exact) mass is 504 g/mol. The molecule has 11 heteroatoms. The van der Waals surface area contributed by atoms with Crippen molar-refractivity contribution in [2.45, 2.75) is 32.7 Å². The number of likely N-dealkylation sites (tertiary alicyclic amines) is 1. The average Bonchev–Trinajstić information content (AvgIpc) is 2.80. The Kier molecular flexibility index (Phi) is 7.20. The lowest BCUT2D eigenvalue weighted by atomic mass is 9.81. The number of carbonyl (C=O) groups is 5. The van der Waals surface area contributed by atoms with Crippen LogP contribution < -0.4 is 5.32 Å². The highest BCUT2D eigenvalue weighted by atomic mass is 35.5. The molecule has 0 aromatic heterocycles. The van der Waals surface area contributed by atoms with Crippen LogP contribution in [0.5, 0.6) is 0 Å². The lowest BCUT2D eigenvalue weighted by Crippen LogP contribution is -2.57. The number of benzene rings is 1. The smallest absolute Gasteiger partial charge is 0.295 e. The molecule has 3 aliphatic heterocycles. The van der Waals surface area contributed by atoms with E-state index in [1.54, 1.807) is 4.90 Å². The molecule has 4 amide bonds. The van der Waals surface area contributed by atoms with E-state index in [2.05, 4.69) is 5.32 Å². The minimum absolute atomic E-state index is 0.0752. The predicted octanol–water partition coefficient (Wildman–Crippen LogP) is 1.25. The van der Waals surface area contributed by atoms with E-state index in [1.807, 2.05) is 0 Å². The van der Waals surface area contributed by atoms with Crippen molar-refractivity contribution in [3.8, 4) is 0 Å². The molecule has 1 unspecified atom stereocenters. The number of carbonyl (C=O) groups excluding carboxylic acids is 5. The van der Waals surface area contributed by atoms with Crippen LogP contribution in [0, 0.1) is 11.7 Å². The summed E-state index contributed by atoms with van der Waals surface area (Å²) in [6, 6.07) is 4.12. The minimum Gasteiger partial charge on any atom is -0.355 e. The first-order chi connectivity index (χ1) is 16.7. The highest BCUT2D eigenvalue weighted by molar-refractivity contribution is 6.43. The highest BCUT2D eigenvalue weighted by Crippen LogP contribution is 2.36. The van der Waals surface area contributed by atoms with Crippen molar-refractivity contribution < 1.29 is 28.4 Å². The third-order valence-corrected chi connectivity index (χ3v) is 6.80. The Bertz CT molecular complexity index is 1140.